The summed E-state index contributed by atoms with van der Waals surface area (Å²) in [6.07, 6.45) is 2.92. The van der Waals surface area contributed by atoms with Crippen LogP contribution in [0.4, 0.5) is 5.69 Å². The van der Waals surface area contributed by atoms with Gasteiger partial charge < -0.3 is 10.2 Å². The molecule has 1 aromatic carbocycles. The minimum Gasteiger partial charge on any atom is -0.324 e. The van der Waals surface area contributed by atoms with Crippen LogP contribution in [0.5, 0.6) is 0 Å². The summed E-state index contributed by atoms with van der Waals surface area (Å²) in [5.74, 6) is 0.630. The molecular formula is C18H23ClN2O2S. The third kappa shape index (κ3) is 2.82. The van der Waals surface area contributed by atoms with Gasteiger partial charge in [-0.05, 0) is 43.4 Å². The first kappa shape index (κ1) is 17.6. The molecule has 130 valence electrons. The Hall–Kier alpha value is -1.20. The van der Waals surface area contributed by atoms with Crippen molar-refractivity contribution >= 4 is 40.9 Å². The quantitative estimate of drug-likeness (QED) is 0.880. The Labute approximate surface area is 152 Å². The average Bonchev–Trinajstić information content (AvgIpc) is 3.04. The summed E-state index contributed by atoms with van der Waals surface area (Å²) in [5, 5.41) is 3.76. The number of anilines is 1. The molecule has 2 fully saturated rings. The van der Waals surface area contributed by atoms with Crippen molar-refractivity contribution in [2.45, 2.75) is 57.4 Å². The molecule has 2 amide bonds. The number of fused-ring (bicyclic) bond motifs is 1. The van der Waals surface area contributed by atoms with E-state index in [0.29, 0.717) is 17.2 Å². The van der Waals surface area contributed by atoms with Gasteiger partial charge in [0.15, 0.2) is 0 Å². The highest BCUT2D eigenvalue weighted by Crippen LogP contribution is 2.47. The Morgan fingerprint density at radius 3 is 2.83 bits per heavy atom. The molecule has 2 atom stereocenters. The summed E-state index contributed by atoms with van der Waals surface area (Å²) in [6, 6.07) is 3.45. The van der Waals surface area contributed by atoms with Crippen molar-refractivity contribution in [3.05, 3.63) is 28.3 Å². The van der Waals surface area contributed by atoms with Gasteiger partial charge in [0, 0.05) is 22.9 Å². The number of carbonyl (C=O) groups excluding carboxylic acids is 2. The van der Waals surface area contributed by atoms with E-state index in [9.17, 15) is 9.59 Å². The average molecular weight is 367 g/mol. The summed E-state index contributed by atoms with van der Waals surface area (Å²) in [6.45, 7) is 6.15. The minimum absolute atomic E-state index is 0.0835. The van der Waals surface area contributed by atoms with E-state index in [-0.39, 0.29) is 16.7 Å². The number of halogens is 1. The lowest BCUT2D eigenvalue weighted by Gasteiger charge is -2.30. The van der Waals surface area contributed by atoms with Crippen molar-refractivity contribution in [1.29, 1.82) is 0 Å². The van der Waals surface area contributed by atoms with Crippen LogP contribution in [0.1, 0.15) is 44.7 Å². The number of nitrogens with one attached hydrogen (secondary N) is 1. The molecule has 0 bridgehead atoms. The highest BCUT2D eigenvalue weighted by Gasteiger charge is 2.52. The molecule has 2 aliphatic heterocycles. The zero-order valence-corrected chi connectivity index (χ0v) is 15.9. The Morgan fingerprint density at radius 2 is 2.17 bits per heavy atom. The van der Waals surface area contributed by atoms with Gasteiger partial charge in [0.25, 0.3) is 0 Å². The molecule has 0 aromatic heterocycles. The molecule has 24 heavy (non-hydrogen) atoms. The first-order valence-corrected chi connectivity index (χ1v) is 9.85. The second-order valence-electron chi connectivity index (χ2n) is 6.52. The van der Waals surface area contributed by atoms with E-state index in [2.05, 4.69) is 19.2 Å². The van der Waals surface area contributed by atoms with Crippen LogP contribution in [0.2, 0.25) is 5.02 Å². The normalized spacial score (nSPS) is 25.9. The largest absolute Gasteiger partial charge is 0.324 e. The van der Waals surface area contributed by atoms with Crippen molar-refractivity contribution in [3.8, 4) is 0 Å². The van der Waals surface area contributed by atoms with Gasteiger partial charge in [0.05, 0.1) is 4.87 Å². The van der Waals surface area contributed by atoms with Crippen molar-refractivity contribution in [2.75, 3.05) is 11.1 Å². The topological polar surface area (TPSA) is 49.4 Å². The van der Waals surface area contributed by atoms with Gasteiger partial charge >= 0.3 is 0 Å². The van der Waals surface area contributed by atoms with Crippen LogP contribution in [-0.4, -0.2) is 33.4 Å². The second-order valence-corrected chi connectivity index (χ2v) is 8.43. The fourth-order valence-corrected chi connectivity index (χ4v) is 5.41. The van der Waals surface area contributed by atoms with Crippen molar-refractivity contribution < 1.29 is 9.59 Å². The Bertz CT molecular complexity index is 694. The number of amides is 2. The summed E-state index contributed by atoms with van der Waals surface area (Å²) < 4.78 is 0. The Kier molecular flexibility index (Phi) is 4.85. The number of nitrogens with zero attached hydrogens (tertiary/aromatic N) is 1. The van der Waals surface area contributed by atoms with Crippen LogP contribution < -0.4 is 5.32 Å². The molecule has 0 spiro atoms. The maximum Gasteiger partial charge on any atom is 0.248 e. The van der Waals surface area contributed by atoms with E-state index in [1.165, 1.54) is 0 Å². The molecule has 2 saturated heterocycles. The van der Waals surface area contributed by atoms with Crippen LogP contribution in [0.25, 0.3) is 0 Å². The maximum atomic E-state index is 12.9. The highest BCUT2D eigenvalue weighted by atomic mass is 35.5. The first-order chi connectivity index (χ1) is 11.4. The molecule has 1 aromatic rings. The number of rotatable bonds is 4. The zero-order chi connectivity index (χ0) is 17.5. The molecule has 2 aliphatic rings. The highest BCUT2D eigenvalue weighted by molar-refractivity contribution is 8.01. The maximum absolute atomic E-state index is 12.9. The number of carbonyl (C=O) groups is 2. The van der Waals surface area contributed by atoms with Gasteiger partial charge in [-0.3, -0.25) is 9.59 Å². The summed E-state index contributed by atoms with van der Waals surface area (Å²) >= 11 is 8.02. The van der Waals surface area contributed by atoms with Gasteiger partial charge in [-0.15, -0.1) is 11.8 Å². The molecule has 3 rings (SSSR count). The van der Waals surface area contributed by atoms with Crippen LogP contribution in [0.3, 0.4) is 0 Å². The first-order valence-electron chi connectivity index (χ1n) is 8.48. The van der Waals surface area contributed by atoms with Crippen molar-refractivity contribution in [1.82, 2.24) is 4.90 Å². The molecule has 1 N–H and O–H groups in total. The van der Waals surface area contributed by atoms with Crippen LogP contribution >= 0.6 is 23.4 Å². The molecular weight excluding hydrogens is 344 g/mol. The SMILES string of the molecule is CCc1ccc(Cl)c(CC)c1NC(=O)C1CSC2(C)CCC(=O)N12. The summed E-state index contributed by atoms with van der Waals surface area (Å²) in [7, 11) is 0. The van der Waals surface area contributed by atoms with Gasteiger partial charge in [-0.2, -0.15) is 0 Å². The van der Waals surface area contributed by atoms with Crippen molar-refractivity contribution in [2.24, 2.45) is 0 Å². The lowest BCUT2D eigenvalue weighted by Crippen LogP contribution is -2.48. The lowest BCUT2D eigenvalue weighted by atomic mass is 10.0. The van der Waals surface area contributed by atoms with Crippen LogP contribution in [-0.2, 0) is 22.4 Å². The predicted molar refractivity (Wildman–Crippen MR) is 99.6 cm³/mol. The zero-order valence-electron chi connectivity index (χ0n) is 14.3. The van der Waals surface area contributed by atoms with Gasteiger partial charge in [-0.25, -0.2) is 0 Å². The van der Waals surface area contributed by atoms with E-state index >= 15 is 0 Å². The van der Waals surface area contributed by atoms with Gasteiger partial charge in [0.1, 0.15) is 6.04 Å². The third-order valence-corrected chi connectivity index (χ3v) is 6.93. The molecule has 4 nitrogen and oxygen atoms in total. The minimum atomic E-state index is -0.400. The molecule has 2 heterocycles. The number of aryl methyl sites for hydroxylation is 1. The number of hydrogen-bond acceptors (Lipinski definition) is 3. The summed E-state index contributed by atoms with van der Waals surface area (Å²) in [5.41, 5.74) is 2.86. The van der Waals surface area contributed by atoms with E-state index in [1.54, 1.807) is 16.7 Å². The summed E-state index contributed by atoms with van der Waals surface area (Å²) in [4.78, 5) is 26.7. The third-order valence-electron chi connectivity index (χ3n) is 5.07. The van der Waals surface area contributed by atoms with Gasteiger partial charge in [0.2, 0.25) is 11.8 Å². The fraction of sp³-hybridized carbons (Fsp3) is 0.556. The lowest BCUT2D eigenvalue weighted by molar-refractivity contribution is -0.135. The molecule has 2 unspecified atom stereocenters. The number of benzene rings is 1. The molecule has 6 heteroatoms. The number of thioether (sulfide) groups is 1. The fourth-order valence-electron chi connectivity index (χ4n) is 3.69. The van der Waals surface area contributed by atoms with Crippen LogP contribution in [0.15, 0.2) is 12.1 Å². The number of hydrogen-bond donors (Lipinski definition) is 1. The standard InChI is InChI=1S/C18H23ClN2O2S/c1-4-11-6-7-13(19)12(5-2)16(11)20-17(23)14-10-24-18(3)9-8-15(22)21(14)18/h6-7,14H,4-5,8-10H2,1-3H3,(H,20,23). The van der Waals surface area contributed by atoms with Crippen molar-refractivity contribution in [3.63, 3.8) is 0 Å². The molecule has 0 radical (unpaired) electrons. The van der Waals surface area contributed by atoms with E-state index in [0.717, 1.165) is 36.1 Å². The van der Waals surface area contributed by atoms with Crippen LogP contribution in [0, 0.1) is 0 Å². The monoisotopic (exact) mass is 366 g/mol. The predicted octanol–water partition coefficient (Wildman–Crippen LogP) is 3.86. The smallest absolute Gasteiger partial charge is 0.248 e. The van der Waals surface area contributed by atoms with E-state index in [4.69, 9.17) is 11.6 Å². The second kappa shape index (κ2) is 6.60. The molecule has 0 saturated carbocycles. The Morgan fingerprint density at radius 1 is 1.42 bits per heavy atom. The van der Waals surface area contributed by atoms with E-state index in [1.807, 2.05) is 19.1 Å². The molecule has 0 aliphatic carbocycles. The Balaban J connectivity index is 1.88. The van der Waals surface area contributed by atoms with E-state index < -0.39 is 6.04 Å². The van der Waals surface area contributed by atoms with Gasteiger partial charge in [-0.1, -0.05) is 31.5 Å².